The number of carbonyl (C=O) groups is 4. The highest BCUT2D eigenvalue weighted by Crippen LogP contribution is 2.40. The van der Waals surface area contributed by atoms with Crippen LogP contribution in [0.25, 0.3) is 0 Å². The van der Waals surface area contributed by atoms with Crippen LogP contribution in [0.15, 0.2) is 34.4 Å². The number of oxime groups is 1. The minimum absolute atomic E-state index is 0.00889. The third-order valence-electron chi connectivity index (χ3n) is 11.8. The first kappa shape index (κ1) is 47.0. The number of fused-ring (bicyclic) bond motifs is 5. The van der Waals surface area contributed by atoms with Crippen molar-refractivity contribution in [3.05, 3.63) is 35.4 Å². The van der Waals surface area contributed by atoms with E-state index >= 15 is 0 Å². The Kier molecular flexibility index (Phi) is 15.9. The fourth-order valence-electron chi connectivity index (χ4n) is 8.57. The van der Waals surface area contributed by atoms with Gasteiger partial charge in [0.1, 0.15) is 36.0 Å². The van der Waals surface area contributed by atoms with E-state index in [0.717, 1.165) is 0 Å². The van der Waals surface area contributed by atoms with E-state index in [4.69, 9.17) is 34.3 Å². The number of cyclic esters (lactones) is 1. The molecule has 1 aromatic rings. The zero-order valence-corrected chi connectivity index (χ0v) is 35.8. The molecule has 3 fully saturated rings. The minimum Gasteiger partial charge on any atom is -0.459 e. The largest absolute Gasteiger partial charge is 0.459 e. The van der Waals surface area contributed by atoms with Gasteiger partial charge in [-0.05, 0) is 84.7 Å². The molecule has 0 saturated carbocycles. The molecule has 0 aliphatic carbocycles. The summed E-state index contributed by atoms with van der Waals surface area (Å²) >= 11 is 0. The van der Waals surface area contributed by atoms with Gasteiger partial charge in [-0.2, -0.15) is 0 Å². The Balaban J connectivity index is 1.92. The Bertz CT molecular complexity index is 1680. The number of ether oxygens (including phenoxy) is 5. The van der Waals surface area contributed by atoms with Crippen molar-refractivity contribution in [1.82, 2.24) is 4.90 Å². The van der Waals surface area contributed by atoms with Crippen molar-refractivity contribution in [2.75, 3.05) is 27.3 Å². The van der Waals surface area contributed by atoms with Gasteiger partial charge in [0.05, 0.1) is 37.1 Å². The second-order valence-corrected chi connectivity index (χ2v) is 16.9. The summed E-state index contributed by atoms with van der Waals surface area (Å²) in [6, 6.07) is 6.20. The first-order chi connectivity index (χ1) is 27.1. The number of Topliss-reactive ketones (excluding diaryl/α,β-unsaturated/α-hetero) is 1. The van der Waals surface area contributed by atoms with Gasteiger partial charge in [-0.3, -0.25) is 19.2 Å². The van der Waals surface area contributed by atoms with Crippen molar-refractivity contribution in [3.63, 3.8) is 0 Å². The Hall–Kier alpha value is -3.64. The fraction of sp³-hybridized carbons (Fsp3) is 0.714. The Morgan fingerprint density at radius 2 is 1.69 bits per heavy atom. The normalized spacial score (nSPS) is 38.4. The van der Waals surface area contributed by atoms with Crippen LogP contribution in [0.3, 0.4) is 0 Å². The van der Waals surface area contributed by atoms with Crippen molar-refractivity contribution in [2.24, 2.45) is 39.6 Å². The number of ketones is 1. The summed E-state index contributed by atoms with van der Waals surface area (Å²) < 4.78 is 32.3. The maximum Gasteiger partial charge on any atom is 0.316 e. The second kappa shape index (κ2) is 19.6. The Labute approximate surface area is 341 Å². The number of rotatable bonds is 8. The molecule has 13 atom stereocenters. The van der Waals surface area contributed by atoms with Crippen molar-refractivity contribution in [3.8, 4) is 0 Å². The zero-order valence-electron chi connectivity index (χ0n) is 35.8. The van der Waals surface area contributed by atoms with E-state index < -0.39 is 89.1 Å². The standard InChI is InChI=1S/C42H64N4O12/c1-12-32-42(9,52)37-24(4)33(44-27(7)47)22(2)18-41(8,54-21-30(20-53-37)45-55-19-28-13-15-29(16-14-28)38(43)50)36(25(5)34(48)26(6)39(51)57-32)58-40-35(49)31(46(10)11)17-23(3)56-40/h13-16,22-26,31-32,35-37,40,49,52H,12,17-21H2,1-11H3,(H2,43,50)/b44-33?,45-30+/t22-,23-,24+,25+,26-,31+,32-,35-,36-,37-,40+,41-,42-/m1/s1. The number of aliphatic hydroxyl groups excluding tert-OH is 1. The lowest BCUT2D eigenvalue weighted by Gasteiger charge is -2.47. The third-order valence-corrected chi connectivity index (χ3v) is 11.8. The van der Waals surface area contributed by atoms with Crippen molar-refractivity contribution >= 4 is 35.0 Å². The van der Waals surface area contributed by atoms with E-state index in [0.29, 0.717) is 23.3 Å². The summed E-state index contributed by atoms with van der Waals surface area (Å²) in [5.41, 5.74) is 3.79. The van der Waals surface area contributed by atoms with Gasteiger partial charge in [0.15, 0.2) is 12.1 Å². The number of likely N-dealkylation sites (N-methyl/N-ethyl adjacent to an activating group) is 1. The number of esters is 1. The van der Waals surface area contributed by atoms with Gasteiger partial charge in [0.2, 0.25) is 11.8 Å². The summed E-state index contributed by atoms with van der Waals surface area (Å²) in [6.45, 7) is 14.5. The van der Waals surface area contributed by atoms with E-state index in [2.05, 4.69) is 10.1 Å². The average molecular weight is 817 g/mol. The molecule has 58 heavy (non-hydrogen) atoms. The molecule has 4 rings (SSSR count). The van der Waals surface area contributed by atoms with E-state index in [9.17, 15) is 29.4 Å². The summed E-state index contributed by atoms with van der Waals surface area (Å²) in [5.74, 6) is -5.99. The van der Waals surface area contributed by atoms with Crippen molar-refractivity contribution < 1.29 is 57.9 Å². The van der Waals surface area contributed by atoms with Crippen LogP contribution in [-0.2, 0) is 49.5 Å². The van der Waals surface area contributed by atoms with Gasteiger partial charge in [0.25, 0.3) is 0 Å². The van der Waals surface area contributed by atoms with Crippen LogP contribution < -0.4 is 5.73 Å². The van der Waals surface area contributed by atoms with Crippen LogP contribution in [-0.4, -0.2) is 131 Å². The molecule has 324 valence electrons. The van der Waals surface area contributed by atoms with Gasteiger partial charge in [0, 0.05) is 36.1 Å². The van der Waals surface area contributed by atoms with Gasteiger partial charge < -0.3 is 49.4 Å². The molecular weight excluding hydrogens is 752 g/mol. The molecule has 16 nitrogen and oxygen atoms in total. The Morgan fingerprint density at radius 3 is 2.28 bits per heavy atom. The van der Waals surface area contributed by atoms with Crippen LogP contribution in [0.2, 0.25) is 0 Å². The maximum atomic E-state index is 14.5. The quantitative estimate of drug-likeness (QED) is 0.195. The molecule has 3 aliphatic heterocycles. The van der Waals surface area contributed by atoms with E-state index in [1.54, 1.807) is 52.0 Å². The fourth-order valence-corrected chi connectivity index (χ4v) is 8.57. The summed E-state index contributed by atoms with van der Waals surface area (Å²) in [6.07, 6.45) is -5.26. The number of primary amides is 1. The monoisotopic (exact) mass is 816 g/mol. The SMILES string of the molecule is CC[C@H]1OC(=O)[C@H](C)C(=O)[C@H](C)[C@@H](O[C@@H]2O[C@H](C)C[C@H](N(C)C)[C@H]2O)[C@@]2(C)C[C@@H](C)C(=NC(C)=O)[C@H](C)[C@@H](OC/C(=N\OCc3ccc(C(N)=O)cc3)CO2)[C@]1(C)O. The van der Waals surface area contributed by atoms with Crippen LogP contribution in [0.5, 0.6) is 0 Å². The number of hydrogen-bond donors (Lipinski definition) is 3. The van der Waals surface area contributed by atoms with Crippen LogP contribution in [0.1, 0.15) is 97.5 Å². The molecule has 4 N–H and O–H groups in total. The molecule has 2 bridgehead atoms. The average Bonchev–Trinajstić information content (AvgIpc) is 3.17. The maximum absolute atomic E-state index is 14.5. The molecule has 0 radical (unpaired) electrons. The summed E-state index contributed by atoms with van der Waals surface area (Å²) in [4.78, 5) is 64.8. The predicted octanol–water partition coefficient (Wildman–Crippen LogP) is 3.22. The van der Waals surface area contributed by atoms with Gasteiger partial charge in [-0.25, -0.2) is 4.99 Å². The van der Waals surface area contributed by atoms with Crippen LogP contribution >= 0.6 is 0 Å². The number of carbonyl (C=O) groups excluding carboxylic acids is 4. The highest BCUT2D eigenvalue weighted by atomic mass is 16.7. The van der Waals surface area contributed by atoms with Crippen LogP contribution in [0.4, 0.5) is 0 Å². The second-order valence-electron chi connectivity index (χ2n) is 16.9. The molecular formula is C42H64N4O12. The number of aliphatic imine (C=N–C) groups is 1. The predicted molar refractivity (Wildman–Crippen MR) is 214 cm³/mol. The third kappa shape index (κ3) is 10.9. The number of nitrogens with zero attached hydrogens (tertiary/aromatic N) is 3. The van der Waals surface area contributed by atoms with Crippen molar-refractivity contribution in [1.29, 1.82) is 0 Å². The van der Waals surface area contributed by atoms with E-state index in [1.165, 1.54) is 20.8 Å². The first-order valence-electron chi connectivity index (χ1n) is 20.1. The zero-order chi connectivity index (χ0) is 43.3. The summed E-state index contributed by atoms with van der Waals surface area (Å²) in [5, 5.41) is 28.4. The molecule has 2 amide bonds. The van der Waals surface area contributed by atoms with Crippen LogP contribution in [0, 0.1) is 23.7 Å². The molecule has 1 aromatic carbocycles. The van der Waals surface area contributed by atoms with Gasteiger partial charge in [-0.15, -0.1) is 0 Å². The minimum atomic E-state index is -1.87. The highest BCUT2D eigenvalue weighted by molar-refractivity contribution is 6.00. The number of nitrogens with two attached hydrogens (primary N) is 1. The van der Waals surface area contributed by atoms with Gasteiger partial charge >= 0.3 is 5.97 Å². The molecule has 16 heteroatoms. The topological polar surface area (TPSA) is 218 Å². The number of benzene rings is 1. The highest BCUT2D eigenvalue weighted by Gasteiger charge is 2.53. The smallest absolute Gasteiger partial charge is 0.316 e. The number of hydrogen-bond acceptors (Lipinski definition) is 14. The molecule has 0 spiro atoms. The molecule has 3 heterocycles. The lowest BCUT2D eigenvalue weighted by molar-refractivity contribution is -0.296. The van der Waals surface area contributed by atoms with Crippen molar-refractivity contribution in [2.45, 2.75) is 142 Å². The van der Waals surface area contributed by atoms with E-state index in [-0.39, 0.29) is 50.5 Å². The number of aliphatic hydroxyl groups is 2. The molecule has 0 aromatic heterocycles. The summed E-state index contributed by atoms with van der Waals surface area (Å²) in [7, 11) is 3.71. The number of amides is 2. The lowest BCUT2D eigenvalue weighted by atomic mass is 9.73. The Morgan fingerprint density at radius 1 is 1.03 bits per heavy atom. The van der Waals surface area contributed by atoms with E-state index in [1.807, 2.05) is 32.8 Å². The van der Waals surface area contributed by atoms with Gasteiger partial charge in [-0.1, -0.05) is 45.0 Å². The molecule has 3 saturated heterocycles. The lowest BCUT2D eigenvalue weighted by Crippen LogP contribution is -2.60. The molecule has 3 aliphatic rings. The molecule has 0 unspecified atom stereocenters. The first-order valence-corrected chi connectivity index (χ1v) is 20.1.